The van der Waals surface area contributed by atoms with Gasteiger partial charge in [-0.3, -0.25) is 9.59 Å². The number of rotatable bonds is 73. The van der Waals surface area contributed by atoms with Gasteiger partial charge in [0.15, 0.2) is 0 Å². The van der Waals surface area contributed by atoms with Crippen LogP contribution in [0.2, 0.25) is 0 Å². The average molecular weight is 1180 g/mol. The number of hydrogen-bond donors (Lipinski definition) is 3. The molecule has 0 radical (unpaired) electrons. The molecule has 2 unspecified atom stereocenters. The van der Waals surface area contributed by atoms with E-state index in [-0.39, 0.29) is 18.5 Å². The Morgan fingerprint density at radius 1 is 0.321 bits per heavy atom. The first-order chi connectivity index (χ1) is 41.5. The summed E-state index contributed by atoms with van der Waals surface area (Å²) in [5.41, 5.74) is 0. The van der Waals surface area contributed by atoms with Gasteiger partial charge in [0.2, 0.25) is 5.91 Å². The van der Waals surface area contributed by atoms with E-state index in [0.29, 0.717) is 19.4 Å². The molecular formula is C78H151NO5. The molecule has 6 heteroatoms. The van der Waals surface area contributed by atoms with E-state index in [9.17, 15) is 19.8 Å². The lowest BCUT2D eigenvalue weighted by atomic mass is 10.0. The summed E-state index contributed by atoms with van der Waals surface area (Å²) in [6.07, 6.45) is 94.3. The molecule has 84 heavy (non-hydrogen) atoms. The van der Waals surface area contributed by atoms with Crippen LogP contribution < -0.4 is 5.32 Å². The lowest BCUT2D eigenvalue weighted by Gasteiger charge is -2.20. The molecule has 0 saturated heterocycles. The third-order valence-corrected chi connectivity index (χ3v) is 18.2. The predicted molar refractivity (Wildman–Crippen MR) is 370 cm³/mol. The lowest BCUT2D eigenvalue weighted by molar-refractivity contribution is -0.143. The van der Waals surface area contributed by atoms with Gasteiger partial charge < -0.3 is 20.3 Å². The summed E-state index contributed by atoms with van der Waals surface area (Å²) in [7, 11) is 0. The van der Waals surface area contributed by atoms with Gasteiger partial charge in [0.05, 0.1) is 25.4 Å². The summed E-state index contributed by atoms with van der Waals surface area (Å²) in [5.74, 6) is -0.0414. The van der Waals surface area contributed by atoms with E-state index in [4.69, 9.17) is 4.74 Å². The highest BCUT2D eigenvalue weighted by molar-refractivity contribution is 5.76. The van der Waals surface area contributed by atoms with E-state index in [2.05, 4.69) is 31.3 Å². The second-order valence-corrected chi connectivity index (χ2v) is 26.7. The fourth-order valence-electron chi connectivity index (χ4n) is 12.3. The van der Waals surface area contributed by atoms with Gasteiger partial charge in [0.1, 0.15) is 0 Å². The van der Waals surface area contributed by atoms with Gasteiger partial charge in [-0.25, -0.2) is 0 Å². The third-order valence-electron chi connectivity index (χ3n) is 18.2. The van der Waals surface area contributed by atoms with E-state index in [1.807, 2.05) is 6.08 Å². The highest BCUT2D eigenvalue weighted by Crippen LogP contribution is 2.19. The Hall–Kier alpha value is -1.66. The van der Waals surface area contributed by atoms with Crippen LogP contribution in [0, 0.1) is 0 Å². The summed E-state index contributed by atoms with van der Waals surface area (Å²) < 4.78 is 5.51. The number of carbonyl (C=O) groups is 2. The molecule has 0 aliphatic carbocycles. The average Bonchev–Trinajstić information content (AvgIpc) is 3.51. The Kier molecular flexibility index (Phi) is 72.3. The molecule has 3 N–H and O–H groups in total. The first-order valence-corrected chi connectivity index (χ1v) is 38.6. The minimum Gasteiger partial charge on any atom is -0.466 e. The zero-order valence-electron chi connectivity index (χ0n) is 57.2. The Bertz CT molecular complexity index is 1320. The quantitative estimate of drug-likeness (QED) is 0.0320. The molecule has 1 amide bonds. The van der Waals surface area contributed by atoms with Crippen molar-refractivity contribution in [1.82, 2.24) is 5.32 Å². The molecule has 0 fully saturated rings. The molecule has 0 saturated carbocycles. The molecule has 0 aliphatic rings. The first kappa shape index (κ1) is 82.3. The maximum absolute atomic E-state index is 12.5. The molecule has 6 nitrogen and oxygen atoms in total. The fourth-order valence-corrected chi connectivity index (χ4v) is 12.3. The summed E-state index contributed by atoms with van der Waals surface area (Å²) in [4.78, 5) is 24.6. The van der Waals surface area contributed by atoms with Crippen LogP contribution in [0.5, 0.6) is 0 Å². The summed E-state index contributed by atoms with van der Waals surface area (Å²) in [6.45, 7) is 4.96. The number of amides is 1. The zero-order valence-corrected chi connectivity index (χ0v) is 57.2. The largest absolute Gasteiger partial charge is 0.466 e. The predicted octanol–water partition coefficient (Wildman–Crippen LogP) is 25.3. The molecule has 0 rings (SSSR count). The van der Waals surface area contributed by atoms with Crippen molar-refractivity contribution >= 4 is 11.9 Å². The van der Waals surface area contributed by atoms with Crippen molar-refractivity contribution in [2.24, 2.45) is 0 Å². The van der Waals surface area contributed by atoms with Crippen LogP contribution in [0.15, 0.2) is 24.3 Å². The number of unbranched alkanes of at least 4 members (excludes halogenated alkanes) is 60. The lowest BCUT2D eigenvalue weighted by Crippen LogP contribution is -2.45. The SMILES string of the molecule is CCCCCCCCCCCCCCCCCCCCC/C=C/C(O)C(CO)NC(=O)CCCCCCCCCCCCCCC/C=C\CCCCCCCCCCCCCCOC(=O)CCCCCCCCCCCCCCCCCCC. The Labute approximate surface area is 526 Å². The highest BCUT2D eigenvalue weighted by atomic mass is 16.5. The Morgan fingerprint density at radius 2 is 0.560 bits per heavy atom. The van der Waals surface area contributed by atoms with Gasteiger partial charge in [0, 0.05) is 12.8 Å². The molecule has 0 spiro atoms. The Balaban J connectivity index is 3.38. The second-order valence-electron chi connectivity index (χ2n) is 26.7. The van der Waals surface area contributed by atoms with Crippen molar-refractivity contribution in [1.29, 1.82) is 0 Å². The molecule has 0 bridgehead atoms. The van der Waals surface area contributed by atoms with Crippen LogP contribution in [0.3, 0.4) is 0 Å². The molecule has 0 heterocycles. The number of esters is 1. The number of aliphatic hydroxyl groups excluding tert-OH is 2. The number of carbonyl (C=O) groups excluding carboxylic acids is 2. The Morgan fingerprint density at radius 3 is 0.845 bits per heavy atom. The molecular weight excluding hydrogens is 1030 g/mol. The molecule has 0 aliphatic heterocycles. The van der Waals surface area contributed by atoms with Gasteiger partial charge >= 0.3 is 5.97 Å². The minimum absolute atomic E-state index is 0.0211. The van der Waals surface area contributed by atoms with Crippen molar-refractivity contribution < 1.29 is 24.5 Å². The van der Waals surface area contributed by atoms with Crippen molar-refractivity contribution in [3.8, 4) is 0 Å². The van der Waals surface area contributed by atoms with Crippen LogP contribution >= 0.6 is 0 Å². The van der Waals surface area contributed by atoms with Gasteiger partial charge in [0.25, 0.3) is 0 Å². The number of allylic oxidation sites excluding steroid dienone is 3. The normalized spacial score (nSPS) is 12.6. The van der Waals surface area contributed by atoms with Crippen molar-refractivity contribution in [2.75, 3.05) is 13.2 Å². The van der Waals surface area contributed by atoms with Gasteiger partial charge in [-0.1, -0.05) is 391 Å². The van der Waals surface area contributed by atoms with E-state index in [1.54, 1.807) is 6.08 Å². The van der Waals surface area contributed by atoms with Gasteiger partial charge in [-0.15, -0.1) is 0 Å². The highest BCUT2D eigenvalue weighted by Gasteiger charge is 2.18. The van der Waals surface area contributed by atoms with Gasteiger partial charge in [-0.2, -0.15) is 0 Å². The smallest absolute Gasteiger partial charge is 0.305 e. The van der Waals surface area contributed by atoms with Crippen molar-refractivity contribution in [3.63, 3.8) is 0 Å². The van der Waals surface area contributed by atoms with Crippen molar-refractivity contribution in [2.45, 2.75) is 450 Å². The summed E-state index contributed by atoms with van der Waals surface area (Å²) in [5, 5.41) is 23.3. The topological polar surface area (TPSA) is 95.9 Å². The second kappa shape index (κ2) is 73.8. The van der Waals surface area contributed by atoms with Crippen LogP contribution in [-0.2, 0) is 14.3 Å². The first-order valence-electron chi connectivity index (χ1n) is 38.6. The van der Waals surface area contributed by atoms with Crippen LogP contribution in [0.1, 0.15) is 438 Å². The molecule has 2 atom stereocenters. The monoisotopic (exact) mass is 1180 g/mol. The maximum atomic E-state index is 12.5. The minimum atomic E-state index is -0.845. The summed E-state index contributed by atoms with van der Waals surface area (Å²) >= 11 is 0. The standard InChI is InChI=1S/C78H151NO5/c1-3-5-7-9-11-13-15-17-19-21-22-32-35-39-42-46-50-54-58-62-66-70-76(81)75(74-80)79-77(82)71-67-63-59-55-51-47-43-40-36-33-30-28-26-24-23-25-27-29-31-34-37-41-45-49-53-57-61-65-69-73-84-78(83)72-68-64-60-56-52-48-44-38-20-18-16-14-12-10-8-6-4-2/h23,25,66,70,75-76,80-81H,3-22,24,26-65,67-69,71-74H2,1-2H3,(H,79,82)/b25-23-,70-66+. The number of hydrogen-bond acceptors (Lipinski definition) is 5. The van der Waals surface area contributed by atoms with Crippen LogP contribution in [-0.4, -0.2) is 47.4 Å². The number of nitrogens with one attached hydrogen (secondary N) is 1. The van der Waals surface area contributed by atoms with E-state index >= 15 is 0 Å². The third kappa shape index (κ3) is 69.4. The molecule has 0 aromatic rings. The van der Waals surface area contributed by atoms with Crippen LogP contribution in [0.4, 0.5) is 0 Å². The maximum Gasteiger partial charge on any atom is 0.305 e. The van der Waals surface area contributed by atoms with Gasteiger partial charge in [-0.05, 0) is 57.8 Å². The van der Waals surface area contributed by atoms with E-state index in [1.165, 1.54) is 372 Å². The molecule has 498 valence electrons. The number of aliphatic hydroxyl groups is 2. The molecule has 0 aromatic carbocycles. The summed E-state index contributed by atoms with van der Waals surface area (Å²) in [6, 6.07) is -0.628. The zero-order chi connectivity index (χ0) is 60.6. The van der Waals surface area contributed by atoms with Crippen LogP contribution in [0.25, 0.3) is 0 Å². The molecule has 0 aromatic heterocycles. The number of ether oxygens (including phenoxy) is 1. The fraction of sp³-hybridized carbons (Fsp3) is 0.923. The van der Waals surface area contributed by atoms with E-state index in [0.717, 1.165) is 38.5 Å². The van der Waals surface area contributed by atoms with Crippen molar-refractivity contribution in [3.05, 3.63) is 24.3 Å². The van der Waals surface area contributed by atoms with E-state index < -0.39 is 12.1 Å².